The second-order valence-electron chi connectivity index (χ2n) is 4.89. The van der Waals surface area contributed by atoms with Gasteiger partial charge in [0.15, 0.2) is 6.29 Å². The van der Waals surface area contributed by atoms with Crippen LogP contribution in [0, 0.1) is 0 Å². The van der Waals surface area contributed by atoms with Crippen molar-refractivity contribution < 1.29 is 4.79 Å². The maximum atomic E-state index is 10.8. The van der Waals surface area contributed by atoms with Crippen molar-refractivity contribution in [3.8, 4) is 0 Å². The second-order valence-corrected chi connectivity index (χ2v) is 4.89. The molecule has 1 aromatic heterocycles. The van der Waals surface area contributed by atoms with Crippen LogP contribution in [0.15, 0.2) is 30.3 Å². The van der Waals surface area contributed by atoms with Gasteiger partial charge in [-0.05, 0) is 36.7 Å². The molecular formula is C15H16N2O. The van der Waals surface area contributed by atoms with Crippen molar-refractivity contribution in [2.75, 3.05) is 20.1 Å². The summed E-state index contributed by atoms with van der Waals surface area (Å²) in [6.07, 6.45) is 4.23. The van der Waals surface area contributed by atoms with E-state index >= 15 is 0 Å². The molecular weight excluding hydrogens is 224 g/mol. The van der Waals surface area contributed by atoms with E-state index in [2.05, 4.69) is 41.2 Å². The van der Waals surface area contributed by atoms with Gasteiger partial charge in [0.2, 0.25) is 0 Å². The van der Waals surface area contributed by atoms with Crippen LogP contribution in [-0.2, 0) is 0 Å². The molecule has 18 heavy (non-hydrogen) atoms. The van der Waals surface area contributed by atoms with E-state index in [1.807, 2.05) is 6.07 Å². The lowest BCUT2D eigenvalue weighted by atomic mass is 9.99. The van der Waals surface area contributed by atoms with Gasteiger partial charge < -0.3 is 9.88 Å². The Morgan fingerprint density at radius 1 is 1.33 bits per heavy atom. The Balaban J connectivity index is 2.00. The molecule has 0 unspecified atom stereocenters. The van der Waals surface area contributed by atoms with Crippen molar-refractivity contribution in [2.24, 2.45) is 0 Å². The summed E-state index contributed by atoms with van der Waals surface area (Å²) in [4.78, 5) is 16.2. The fraction of sp³-hybridized carbons (Fsp3) is 0.267. The number of aldehydes is 1. The number of hydrogen-bond acceptors (Lipinski definition) is 2. The van der Waals surface area contributed by atoms with E-state index in [-0.39, 0.29) is 0 Å². The average molecular weight is 240 g/mol. The van der Waals surface area contributed by atoms with Crippen LogP contribution in [0.5, 0.6) is 0 Å². The first-order chi connectivity index (χ1) is 8.76. The molecule has 0 bridgehead atoms. The van der Waals surface area contributed by atoms with Crippen molar-refractivity contribution in [3.05, 3.63) is 41.6 Å². The average Bonchev–Trinajstić information content (AvgIpc) is 2.81. The molecule has 0 aliphatic carbocycles. The zero-order chi connectivity index (χ0) is 12.5. The minimum atomic E-state index is 0.638. The van der Waals surface area contributed by atoms with E-state index in [0.29, 0.717) is 5.69 Å². The molecule has 1 aliphatic heterocycles. The summed E-state index contributed by atoms with van der Waals surface area (Å²) in [6.45, 7) is 2.12. The van der Waals surface area contributed by atoms with Crippen LogP contribution in [-0.4, -0.2) is 36.3 Å². The Morgan fingerprint density at radius 3 is 2.94 bits per heavy atom. The molecule has 2 heterocycles. The number of benzene rings is 1. The van der Waals surface area contributed by atoms with Crippen molar-refractivity contribution in [2.45, 2.75) is 6.42 Å². The first-order valence-electron chi connectivity index (χ1n) is 6.22. The SMILES string of the molecule is CN1CC=C(c2ccc3cc(C=O)[nH]c3c2)CC1. The standard InChI is InChI=1S/C15H16N2O/c1-17-6-4-11(5-7-17)12-2-3-13-8-14(10-18)16-15(13)9-12/h2-4,8-10,16H,5-7H2,1H3. The Bertz CT molecular complexity index is 624. The number of fused-ring (bicyclic) bond motifs is 1. The monoisotopic (exact) mass is 240 g/mol. The summed E-state index contributed by atoms with van der Waals surface area (Å²) in [7, 11) is 2.14. The predicted molar refractivity (Wildman–Crippen MR) is 73.8 cm³/mol. The quantitative estimate of drug-likeness (QED) is 0.819. The summed E-state index contributed by atoms with van der Waals surface area (Å²) in [5.74, 6) is 0. The molecule has 3 nitrogen and oxygen atoms in total. The number of aromatic nitrogens is 1. The highest BCUT2D eigenvalue weighted by molar-refractivity contribution is 5.90. The summed E-state index contributed by atoms with van der Waals surface area (Å²) in [5.41, 5.74) is 4.33. The van der Waals surface area contributed by atoms with Crippen LogP contribution in [0.1, 0.15) is 22.5 Å². The third-order valence-corrected chi connectivity index (χ3v) is 3.55. The van der Waals surface area contributed by atoms with Crippen LogP contribution < -0.4 is 0 Å². The largest absolute Gasteiger partial charge is 0.352 e. The van der Waals surface area contributed by atoms with E-state index in [9.17, 15) is 4.79 Å². The third kappa shape index (κ3) is 1.97. The number of hydrogen-bond donors (Lipinski definition) is 1. The number of carbonyl (C=O) groups is 1. The maximum absolute atomic E-state index is 10.8. The second kappa shape index (κ2) is 4.42. The molecule has 1 aromatic carbocycles. The number of H-pyrrole nitrogens is 1. The molecule has 3 heteroatoms. The third-order valence-electron chi connectivity index (χ3n) is 3.55. The highest BCUT2D eigenvalue weighted by Crippen LogP contribution is 2.25. The van der Waals surface area contributed by atoms with Crippen LogP contribution in [0.4, 0.5) is 0 Å². The number of carbonyl (C=O) groups excluding carboxylic acids is 1. The summed E-state index contributed by atoms with van der Waals surface area (Å²) < 4.78 is 0. The lowest BCUT2D eigenvalue weighted by molar-refractivity contribution is 0.112. The number of nitrogens with zero attached hydrogens (tertiary/aromatic N) is 1. The fourth-order valence-corrected chi connectivity index (χ4v) is 2.45. The predicted octanol–water partition coefficient (Wildman–Crippen LogP) is 2.70. The van der Waals surface area contributed by atoms with Gasteiger partial charge >= 0.3 is 0 Å². The van der Waals surface area contributed by atoms with Gasteiger partial charge in [-0.15, -0.1) is 0 Å². The van der Waals surface area contributed by atoms with Crippen LogP contribution in [0.25, 0.3) is 16.5 Å². The Morgan fingerprint density at radius 2 is 2.22 bits per heavy atom. The Hall–Kier alpha value is -1.87. The summed E-state index contributed by atoms with van der Waals surface area (Å²) >= 11 is 0. The van der Waals surface area contributed by atoms with E-state index in [1.165, 1.54) is 11.1 Å². The lowest BCUT2D eigenvalue weighted by Gasteiger charge is -2.22. The molecule has 0 atom stereocenters. The molecule has 92 valence electrons. The Kier molecular flexibility index (Phi) is 2.76. The topological polar surface area (TPSA) is 36.1 Å². The first kappa shape index (κ1) is 11.2. The minimum Gasteiger partial charge on any atom is -0.352 e. The van der Waals surface area contributed by atoms with Gasteiger partial charge in [-0.25, -0.2) is 0 Å². The molecule has 0 saturated carbocycles. The van der Waals surface area contributed by atoms with Gasteiger partial charge in [-0.1, -0.05) is 18.2 Å². The molecule has 1 N–H and O–H groups in total. The van der Waals surface area contributed by atoms with Crippen molar-refractivity contribution in [1.82, 2.24) is 9.88 Å². The van der Waals surface area contributed by atoms with Crippen LogP contribution in [0.3, 0.4) is 0 Å². The van der Waals surface area contributed by atoms with Crippen LogP contribution in [0.2, 0.25) is 0 Å². The number of aromatic amines is 1. The molecule has 0 radical (unpaired) electrons. The number of rotatable bonds is 2. The summed E-state index contributed by atoms with van der Waals surface area (Å²) in [5, 5.41) is 1.09. The normalized spacial score (nSPS) is 16.8. The van der Waals surface area contributed by atoms with Gasteiger partial charge in [-0.2, -0.15) is 0 Å². The molecule has 3 rings (SSSR count). The zero-order valence-electron chi connectivity index (χ0n) is 10.4. The fourth-order valence-electron chi connectivity index (χ4n) is 2.45. The zero-order valence-corrected chi connectivity index (χ0v) is 10.4. The summed E-state index contributed by atoms with van der Waals surface area (Å²) in [6, 6.07) is 8.24. The van der Waals surface area contributed by atoms with E-state index in [0.717, 1.165) is 36.7 Å². The molecule has 0 spiro atoms. The molecule has 0 amide bonds. The molecule has 0 saturated heterocycles. The van der Waals surface area contributed by atoms with E-state index in [4.69, 9.17) is 0 Å². The lowest BCUT2D eigenvalue weighted by Crippen LogP contribution is -2.23. The smallest absolute Gasteiger partial charge is 0.166 e. The van der Waals surface area contributed by atoms with E-state index < -0.39 is 0 Å². The van der Waals surface area contributed by atoms with Crippen molar-refractivity contribution in [3.63, 3.8) is 0 Å². The van der Waals surface area contributed by atoms with Crippen molar-refractivity contribution >= 4 is 22.8 Å². The number of likely N-dealkylation sites (N-methyl/N-ethyl adjacent to an activating group) is 1. The van der Waals surface area contributed by atoms with Gasteiger partial charge in [0.1, 0.15) is 0 Å². The number of nitrogens with one attached hydrogen (secondary N) is 1. The molecule has 2 aromatic rings. The minimum absolute atomic E-state index is 0.638. The van der Waals surface area contributed by atoms with Gasteiger partial charge in [0, 0.05) is 24.0 Å². The maximum Gasteiger partial charge on any atom is 0.166 e. The van der Waals surface area contributed by atoms with Gasteiger partial charge in [0.05, 0.1) is 5.69 Å². The molecule has 0 fully saturated rings. The highest BCUT2D eigenvalue weighted by Gasteiger charge is 2.10. The van der Waals surface area contributed by atoms with Crippen LogP contribution >= 0.6 is 0 Å². The Labute approximate surface area is 106 Å². The van der Waals surface area contributed by atoms with Crippen molar-refractivity contribution in [1.29, 1.82) is 0 Å². The van der Waals surface area contributed by atoms with E-state index in [1.54, 1.807) is 0 Å². The first-order valence-corrected chi connectivity index (χ1v) is 6.22. The molecule has 1 aliphatic rings. The van der Waals surface area contributed by atoms with Gasteiger partial charge in [-0.3, -0.25) is 4.79 Å². The van der Waals surface area contributed by atoms with Gasteiger partial charge in [0.25, 0.3) is 0 Å². The highest BCUT2D eigenvalue weighted by atomic mass is 16.1.